The minimum atomic E-state index is -0.0698. The van der Waals surface area contributed by atoms with Gasteiger partial charge in [-0.15, -0.1) is 0 Å². The second kappa shape index (κ2) is 6.24. The van der Waals surface area contributed by atoms with Crippen LogP contribution in [0.2, 0.25) is 0 Å². The third kappa shape index (κ3) is 3.38. The Kier molecular flexibility index (Phi) is 4.41. The lowest BCUT2D eigenvalue weighted by Crippen LogP contribution is -2.16. The standard InChI is InChI=1S/C17H19NO2/c1-3-14-8-4-6-12(2)17(14)18-16(20)11-13-7-5-9-15(19)10-13/h4-10,19H,3,11H2,1-2H3,(H,18,20). The Bertz CT molecular complexity index is 620. The summed E-state index contributed by atoms with van der Waals surface area (Å²) in [7, 11) is 0. The van der Waals surface area contributed by atoms with Gasteiger partial charge in [-0.2, -0.15) is 0 Å². The van der Waals surface area contributed by atoms with Crippen molar-refractivity contribution in [1.82, 2.24) is 0 Å². The summed E-state index contributed by atoms with van der Waals surface area (Å²) in [6, 6.07) is 12.8. The lowest BCUT2D eigenvalue weighted by molar-refractivity contribution is -0.115. The molecule has 20 heavy (non-hydrogen) atoms. The summed E-state index contributed by atoms with van der Waals surface area (Å²) in [5.41, 5.74) is 3.90. The van der Waals surface area contributed by atoms with Gasteiger partial charge in [-0.05, 0) is 42.2 Å². The van der Waals surface area contributed by atoms with E-state index in [4.69, 9.17) is 0 Å². The van der Waals surface area contributed by atoms with Crippen LogP contribution < -0.4 is 5.32 Å². The van der Waals surface area contributed by atoms with Gasteiger partial charge in [0.25, 0.3) is 0 Å². The minimum absolute atomic E-state index is 0.0698. The molecule has 0 aliphatic rings. The van der Waals surface area contributed by atoms with E-state index in [1.165, 1.54) is 0 Å². The Morgan fingerprint density at radius 3 is 2.65 bits per heavy atom. The summed E-state index contributed by atoms with van der Waals surface area (Å²) in [4.78, 5) is 12.1. The molecule has 0 saturated heterocycles. The fraction of sp³-hybridized carbons (Fsp3) is 0.235. The molecule has 0 saturated carbocycles. The van der Waals surface area contributed by atoms with E-state index in [9.17, 15) is 9.90 Å². The van der Waals surface area contributed by atoms with E-state index in [2.05, 4.69) is 12.2 Å². The molecule has 3 heteroatoms. The molecule has 0 heterocycles. The van der Waals surface area contributed by atoms with Crippen LogP contribution in [0.4, 0.5) is 5.69 Å². The molecule has 2 aromatic rings. The van der Waals surface area contributed by atoms with Gasteiger partial charge in [0.1, 0.15) is 5.75 Å². The Balaban J connectivity index is 2.12. The molecule has 3 nitrogen and oxygen atoms in total. The fourth-order valence-corrected chi connectivity index (χ4v) is 2.24. The molecule has 0 radical (unpaired) electrons. The van der Waals surface area contributed by atoms with Gasteiger partial charge >= 0.3 is 0 Å². The smallest absolute Gasteiger partial charge is 0.228 e. The largest absolute Gasteiger partial charge is 0.508 e. The molecule has 0 aromatic heterocycles. The zero-order valence-corrected chi connectivity index (χ0v) is 11.8. The van der Waals surface area contributed by atoms with Crippen molar-refractivity contribution in [1.29, 1.82) is 0 Å². The van der Waals surface area contributed by atoms with Crippen molar-refractivity contribution >= 4 is 11.6 Å². The molecule has 2 N–H and O–H groups in total. The van der Waals surface area contributed by atoms with Crippen molar-refractivity contribution in [3.8, 4) is 5.75 Å². The molecule has 0 aliphatic carbocycles. The molecule has 0 fully saturated rings. The first kappa shape index (κ1) is 14.1. The lowest BCUT2D eigenvalue weighted by Gasteiger charge is -2.13. The van der Waals surface area contributed by atoms with Gasteiger partial charge in [-0.1, -0.05) is 37.3 Å². The Morgan fingerprint density at radius 2 is 1.95 bits per heavy atom. The summed E-state index contributed by atoms with van der Waals surface area (Å²) in [5.74, 6) is 0.111. The Morgan fingerprint density at radius 1 is 1.20 bits per heavy atom. The van der Waals surface area contributed by atoms with E-state index in [0.29, 0.717) is 0 Å². The fourth-order valence-electron chi connectivity index (χ4n) is 2.24. The van der Waals surface area contributed by atoms with Crippen molar-refractivity contribution in [3.63, 3.8) is 0 Å². The number of amides is 1. The zero-order chi connectivity index (χ0) is 14.5. The summed E-state index contributed by atoms with van der Waals surface area (Å²) in [6.45, 7) is 4.06. The van der Waals surface area contributed by atoms with Gasteiger partial charge in [0.2, 0.25) is 5.91 Å². The van der Waals surface area contributed by atoms with Crippen LogP contribution in [0.1, 0.15) is 23.6 Å². The van der Waals surface area contributed by atoms with Gasteiger partial charge in [0, 0.05) is 5.69 Å². The van der Waals surface area contributed by atoms with Crippen LogP contribution in [0.15, 0.2) is 42.5 Å². The summed E-state index contributed by atoms with van der Waals surface area (Å²) < 4.78 is 0. The normalized spacial score (nSPS) is 10.3. The highest BCUT2D eigenvalue weighted by Crippen LogP contribution is 2.21. The average Bonchev–Trinajstić information content (AvgIpc) is 2.41. The predicted molar refractivity (Wildman–Crippen MR) is 81.0 cm³/mol. The first-order chi connectivity index (χ1) is 9.60. The van der Waals surface area contributed by atoms with Gasteiger partial charge in [0.15, 0.2) is 0 Å². The molecule has 2 rings (SSSR count). The molecule has 0 aliphatic heterocycles. The summed E-state index contributed by atoms with van der Waals surface area (Å²) >= 11 is 0. The van der Waals surface area contributed by atoms with Gasteiger partial charge in [-0.3, -0.25) is 4.79 Å². The van der Waals surface area contributed by atoms with Crippen LogP contribution in [-0.4, -0.2) is 11.0 Å². The van der Waals surface area contributed by atoms with E-state index < -0.39 is 0 Å². The van der Waals surface area contributed by atoms with Crippen LogP contribution in [0.5, 0.6) is 5.75 Å². The van der Waals surface area contributed by atoms with Crippen LogP contribution in [0.25, 0.3) is 0 Å². The first-order valence-corrected chi connectivity index (χ1v) is 6.76. The number of carbonyl (C=O) groups excluding carboxylic acids is 1. The SMILES string of the molecule is CCc1cccc(C)c1NC(=O)Cc1cccc(O)c1. The molecule has 0 spiro atoms. The maximum absolute atomic E-state index is 12.1. The number of para-hydroxylation sites is 1. The third-order valence-corrected chi connectivity index (χ3v) is 3.28. The molecular formula is C17H19NO2. The monoisotopic (exact) mass is 269 g/mol. The first-order valence-electron chi connectivity index (χ1n) is 6.76. The van der Waals surface area contributed by atoms with E-state index in [1.54, 1.807) is 18.2 Å². The number of nitrogens with one attached hydrogen (secondary N) is 1. The van der Waals surface area contributed by atoms with E-state index >= 15 is 0 Å². The van der Waals surface area contributed by atoms with E-state index in [0.717, 1.165) is 28.8 Å². The van der Waals surface area contributed by atoms with Gasteiger partial charge in [-0.25, -0.2) is 0 Å². The van der Waals surface area contributed by atoms with E-state index in [-0.39, 0.29) is 18.1 Å². The van der Waals surface area contributed by atoms with Crippen LogP contribution >= 0.6 is 0 Å². The number of anilines is 1. The van der Waals surface area contributed by atoms with Crippen molar-refractivity contribution in [2.75, 3.05) is 5.32 Å². The van der Waals surface area contributed by atoms with Crippen molar-refractivity contribution in [3.05, 3.63) is 59.2 Å². The maximum atomic E-state index is 12.1. The van der Waals surface area contributed by atoms with E-state index in [1.807, 2.05) is 31.2 Å². The average molecular weight is 269 g/mol. The molecule has 0 atom stereocenters. The number of aryl methyl sites for hydroxylation is 2. The van der Waals surface area contributed by atoms with Crippen molar-refractivity contribution in [2.24, 2.45) is 0 Å². The highest BCUT2D eigenvalue weighted by Gasteiger charge is 2.09. The Labute approximate surface area is 119 Å². The highest BCUT2D eigenvalue weighted by molar-refractivity contribution is 5.93. The number of aromatic hydroxyl groups is 1. The highest BCUT2D eigenvalue weighted by atomic mass is 16.3. The molecule has 0 unspecified atom stereocenters. The second-order valence-electron chi connectivity index (χ2n) is 4.86. The number of benzene rings is 2. The number of hydrogen-bond donors (Lipinski definition) is 2. The van der Waals surface area contributed by atoms with Crippen molar-refractivity contribution < 1.29 is 9.90 Å². The topological polar surface area (TPSA) is 49.3 Å². The second-order valence-corrected chi connectivity index (χ2v) is 4.86. The van der Waals surface area contributed by atoms with Crippen molar-refractivity contribution in [2.45, 2.75) is 26.7 Å². The summed E-state index contributed by atoms with van der Waals surface area (Å²) in [5, 5.41) is 12.4. The van der Waals surface area contributed by atoms with Crippen LogP contribution in [0, 0.1) is 6.92 Å². The number of rotatable bonds is 4. The van der Waals surface area contributed by atoms with Gasteiger partial charge < -0.3 is 10.4 Å². The summed E-state index contributed by atoms with van der Waals surface area (Å²) in [6.07, 6.45) is 1.13. The number of phenols is 1. The van der Waals surface area contributed by atoms with Gasteiger partial charge in [0.05, 0.1) is 6.42 Å². The molecule has 0 bridgehead atoms. The quantitative estimate of drug-likeness (QED) is 0.893. The maximum Gasteiger partial charge on any atom is 0.228 e. The molecule has 1 amide bonds. The predicted octanol–water partition coefficient (Wildman–Crippen LogP) is 3.44. The molecule has 104 valence electrons. The third-order valence-electron chi connectivity index (χ3n) is 3.28. The number of phenolic OH excluding ortho intramolecular Hbond substituents is 1. The molecule has 2 aromatic carbocycles. The molecular weight excluding hydrogens is 250 g/mol. The lowest BCUT2D eigenvalue weighted by atomic mass is 10.1. The minimum Gasteiger partial charge on any atom is -0.508 e. The number of hydrogen-bond acceptors (Lipinski definition) is 2. The van der Waals surface area contributed by atoms with Crippen LogP contribution in [0.3, 0.4) is 0 Å². The number of carbonyl (C=O) groups is 1. The Hall–Kier alpha value is -2.29. The zero-order valence-electron chi connectivity index (χ0n) is 11.8. The van der Waals surface area contributed by atoms with Crippen LogP contribution in [-0.2, 0) is 17.6 Å².